The molecule has 138 valence electrons. The molecule has 6 nitrogen and oxygen atoms in total. The number of nitrogen functional groups attached to an aromatic ring is 1. The average Bonchev–Trinajstić information content (AvgIpc) is 2.63. The van der Waals surface area contributed by atoms with Gasteiger partial charge in [-0.2, -0.15) is 0 Å². The Kier molecular flexibility index (Phi) is 6.37. The van der Waals surface area contributed by atoms with Crippen LogP contribution in [0.15, 0.2) is 29.1 Å². The summed E-state index contributed by atoms with van der Waals surface area (Å²) >= 11 is 3.63. The number of aryl methyl sites for hydroxylation is 1. The molecule has 0 saturated carbocycles. The number of anilines is 2. The molecule has 0 amide bonds. The summed E-state index contributed by atoms with van der Waals surface area (Å²) in [5.41, 5.74) is 9.35. The van der Waals surface area contributed by atoms with Gasteiger partial charge in [-0.3, -0.25) is 4.79 Å². The van der Waals surface area contributed by atoms with Crippen molar-refractivity contribution < 1.29 is 9.53 Å². The molecule has 2 rings (SSSR count). The Bertz CT molecular complexity index is 852. The van der Waals surface area contributed by atoms with Gasteiger partial charge in [0.15, 0.2) is 6.29 Å². The van der Waals surface area contributed by atoms with Crippen LogP contribution < -0.4 is 15.4 Å². The van der Waals surface area contributed by atoms with E-state index in [2.05, 4.69) is 38.9 Å². The number of hydrogen-bond donors (Lipinski definition) is 1. The van der Waals surface area contributed by atoms with Gasteiger partial charge in [-0.15, -0.1) is 0 Å². The highest BCUT2D eigenvalue weighted by Crippen LogP contribution is 2.40. The van der Waals surface area contributed by atoms with Gasteiger partial charge in [-0.25, -0.2) is 9.97 Å². The number of benzene rings is 1. The predicted octanol–water partition coefficient (Wildman–Crippen LogP) is 4.36. The van der Waals surface area contributed by atoms with Crippen LogP contribution in [0.5, 0.6) is 5.75 Å². The lowest BCUT2D eigenvalue weighted by Crippen LogP contribution is -2.24. The van der Waals surface area contributed by atoms with E-state index in [4.69, 9.17) is 10.5 Å². The molecule has 7 heteroatoms. The summed E-state index contributed by atoms with van der Waals surface area (Å²) in [5, 5.41) is 0. The summed E-state index contributed by atoms with van der Waals surface area (Å²) < 4.78 is 6.57. The fourth-order valence-electron chi connectivity index (χ4n) is 2.81. The van der Waals surface area contributed by atoms with Crippen LogP contribution in [-0.4, -0.2) is 23.4 Å². The monoisotopic (exact) mass is 418 g/mol. The van der Waals surface area contributed by atoms with E-state index in [9.17, 15) is 4.79 Å². The maximum absolute atomic E-state index is 11.5. The SMILES string of the molecule is C/C=C\N(c1ncnc(N)c1C=O)C(C)c1cc(C)c(C)c(Br)c1OC. The van der Waals surface area contributed by atoms with E-state index >= 15 is 0 Å². The van der Waals surface area contributed by atoms with E-state index in [0.29, 0.717) is 12.1 Å². The predicted molar refractivity (Wildman–Crippen MR) is 108 cm³/mol. The fraction of sp³-hybridized carbons (Fsp3) is 0.316. The molecule has 0 aliphatic heterocycles. The van der Waals surface area contributed by atoms with Gasteiger partial charge in [0.1, 0.15) is 23.7 Å². The van der Waals surface area contributed by atoms with Gasteiger partial charge in [0.05, 0.1) is 23.2 Å². The second-order valence-corrected chi connectivity index (χ2v) is 6.73. The minimum atomic E-state index is -0.162. The number of halogens is 1. The van der Waals surface area contributed by atoms with E-state index in [1.54, 1.807) is 7.11 Å². The van der Waals surface area contributed by atoms with Gasteiger partial charge < -0.3 is 15.4 Å². The molecule has 0 spiro atoms. The van der Waals surface area contributed by atoms with Gasteiger partial charge in [-0.05, 0) is 60.8 Å². The minimum Gasteiger partial charge on any atom is -0.495 e. The summed E-state index contributed by atoms with van der Waals surface area (Å²) in [6, 6.07) is 1.93. The number of aldehydes is 1. The van der Waals surface area contributed by atoms with E-state index in [-0.39, 0.29) is 17.4 Å². The Morgan fingerprint density at radius 2 is 2.04 bits per heavy atom. The first kappa shape index (κ1) is 19.9. The van der Waals surface area contributed by atoms with Crippen LogP contribution in [0.4, 0.5) is 11.6 Å². The number of carbonyl (C=O) groups is 1. The van der Waals surface area contributed by atoms with Crippen LogP contribution in [0.1, 0.15) is 46.9 Å². The minimum absolute atomic E-state index is 0.153. The first-order chi connectivity index (χ1) is 12.4. The standard InChI is InChI=1S/C19H23BrN4O2/c1-6-7-24(19-15(9-25)18(21)22-10-23-19)13(4)14-8-11(2)12(3)16(20)17(14)26-5/h6-10,13H,1-5H3,(H2,21,22,23)/b7-6-. The molecule has 2 aromatic rings. The van der Waals surface area contributed by atoms with Crippen molar-refractivity contribution in [2.24, 2.45) is 0 Å². The second-order valence-electron chi connectivity index (χ2n) is 5.93. The Morgan fingerprint density at radius 1 is 1.35 bits per heavy atom. The van der Waals surface area contributed by atoms with E-state index in [0.717, 1.165) is 26.9 Å². The van der Waals surface area contributed by atoms with Gasteiger partial charge in [0, 0.05) is 11.8 Å². The molecule has 0 aliphatic carbocycles. The summed E-state index contributed by atoms with van der Waals surface area (Å²) in [6.07, 6.45) is 5.78. The molecular formula is C19H23BrN4O2. The van der Waals surface area contributed by atoms with Gasteiger partial charge >= 0.3 is 0 Å². The zero-order chi connectivity index (χ0) is 19.4. The highest BCUT2D eigenvalue weighted by atomic mass is 79.9. The Labute approximate surface area is 162 Å². The van der Waals surface area contributed by atoms with Crippen molar-refractivity contribution in [2.45, 2.75) is 33.7 Å². The van der Waals surface area contributed by atoms with Crippen LogP contribution >= 0.6 is 15.9 Å². The third-order valence-corrected chi connectivity index (χ3v) is 5.35. The highest BCUT2D eigenvalue weighted by Gasteiger charge is 2.25. The summed E-state index contributed by atoms with van der Waals surface area (Å²) in [4.78, 5) is 21.6. The molecule has 1 heterocycles. The molecule has 0 aliphatic rings. The van der Waals surface area contributed by atoms with Gasteiger partial charge in [0.2, 0.25) is 0 Å². The van der Waals surface area contributed by atoms with Crippen molar-refractivity contribution >= 4 is 33.9 Å². The van der Waals surface area contributed by atoms with Crippen LogP contribution in [0.3, 0.4) is 0 Å². The molecule has 0 fully saturated rings. The third kappa shape index (κ3) is 3.58. The number of nitrogens with zero attached hydrogens (tertiary/aromatic N) is 3. The van der Waals surface area contributed by atoms with Crippen LogP contribution in [0, 0.1) is 13.8 Å². The molecule has 2 N–H and O–H groups in total. The van der Waals surface area contributed by atoms with E-state index in [1.165, 1.54) is 6.33 Å². The number of aromatic nitrogens is 2. The van der Waals surface area contributed by atoms with Crippen molar-refractivity contribution in [1.82, 2.24) is 9.97 Å². The molecule has 1 unspecified atom stereocenters. The quantitative estimate of drug-likeness (QED) is 0.701. The first-order valence-electron chi connectivity index (χ1n) is 8.17. The van der Waals surface area contributed by atoms with Crippen LogP contribution in [0.2, 0.25) is 0 Å². The summed E-state index contributed by atoms with van der Waals surface area (Å²) in [6.45, 7) is 8.01. The maximum Gasteiger partial charge on any atom is 0.157 e. The highest BCUT2D eigenvalue weighted by molar-refractivity contribution is 9.10. The number of allylic oxidation sites excluding steroid dienone is 1. The number of ether oxygens (including phenoxy) is 1. The number of hydrogen-bond acceptors (Lipinski definition) is 6. The van der Waals surface area contributed by atoms with Crippen molar-refractivity contribution in [3.8, 4) is 5.75 Å². The lowest BCUT2D eigenvalue weighted by Gasteiger charge is -2.30. The summed E-state index contributed by atoms with van der Waals surface area (Å²) in [7, 11) is 1.64. The van der Waals surface area contributed by atoms with Gasteiger partial charge in [0.25, 0.3) is 0 Å². The topological polar surface area (TPSA) is 81.3 Å². The molecule has 0 bridgehead atoms. The van der Waals surface area contributed by atoms with Crippen LogP contribution in [0.25, 0.3) is 0 Å². The maximum atomic E-state index is 11.5. The first-order valence-corrected chi connectivity index (χ1v) is 8.97. The van der Waals surface area contributed by atoms with Crippen molar-refractivity contribution in [3.63, 3.8) is 0 Å². The van der Waals surface area contributed by atoms with Crippen molar-refractivity contribution in [3.05, 3.63) is 51.4 Å². The second kappa shape index (κ2) is 8.31. The van der Waals surface area contributed by atoms with Gasteiger partial charge in [-0.1, -0.05) is 6.08 Å². The van der Waals surface area contributed by atoms with E-state index in [1.807, 2.05) is 37.9 Å². The fourth-order valence-corrected chi connectivity index (χ4v) is 3.51. The normalized spacial score (nSPS) is 12.2. The summed E-state index contributed by atoms with van der Waals surface area (Å²) in [5.74, 6) is 1.36. The third-order valence-electron chi connectivity index (χ3n) is 4.39. The average molecular weight is 419 g/mol. The largest absolute Gasteiger partial charge is 0.495 e. The van der Waals surface area contributed by atoms with Crippen LogP contribution in [-0.2, 0) is 0 Å². The van der Waals surface area contributed by atoms with Crippen molar-refractivity contribution in [2.75, 3.05) is 17.7 Å². The lowest BCUT2D eigenvalue weighted by molar-refractivity contribution is 0.112. The molecule has 1 aromatic heterocycles. The lowest BCUT2D eigenvalue weighted by atomic mass is 9.99. The smallest absolute Gasteiger partial charge is 0.157 e. The number of nitrogens with two attached hydrogens (primary N) is 1. The van der Waals surface area contributed by atoms with E-state index < -0.39 is 0 Å². The molecule has 1 aromatic carbocycles. The molecule has 26 heavy (non-hydrogen) atoms. The molecule has 0 saturated heterocycles. The Hall–Kier alpha value is -2.41. The number of rotatable bonds is 6. The zero-order valence-corrected chi connectivity index (χ0v) is 17.2. The molecular weight excluding hydrogens is 396 g/mol. The Balaban J connectivity index is 2.67. The molecule has 1 atom stereocenters. The zero-order valence-electron chi connectivity index (χ0n) is 15.6. The molecule has 0 radical (unpaired) electrons. The number of carbonyl (C=O) groups excluding carboxylic acids is 1. The number of methoxy groups -OCH3 is 1. The Morgan fingerprint density at radius 3 is 2.62 bits per heavy atom. The van der Waals surface area contributed by atoms with Crippen molar-refractivity contribution in [1.29, 1.82) is 0 Å².